The summed E-state index contributed by atoms with van der Waals surface area (Å²) in [5.41, 5.74) is 2.21. The van der Waals surface area contributed by atoms with Crippen LogP contribution in [0, 0.1) is 25.7 Å². The van der Waals surface area contributed by atoms with E-state index in [0.717, 1.165) is 35.5 Å². The van der Waals surface area contributed by atoms with Crippen molar-refractivity contribution in [2.75, 3.05) is 11.4 Å². The molecule has 5 nitrogen and oxygen atoms in total. The normalized spacial score (nSPS) is 25.9. The molecule has 132 valence electrons. The molecule has 2 fully saturated rings. The van der Waals surface area contributed by atoms with Gasteiger partial charge in [-0.05, 0) is 50.7 Å². The summed E-state index contributed by atoms with van der Waals surface area (Å²) in [6.45, 7) is 7.13. The van der Waals surface area contributed by atoms with Crippen LogP contribution in [0.4, 0.5) is 5.82 Å². The molecule has 1 saturated heterocycles. The fraction of sp³-hybridized carbons (Fsp3) is 0.550. The van der Waals surface area contributed by atoms with Crippen LogP contribution in [0.3, 0.4) is 0 Å². The fourth-order valence-electron chi connectivity index (χ4n) is 4.51. The highest BCUT2D eigenvalue weighted by Crippen LogP contribution is 2.41. The van der Waals surface area contributed by atoms with E-state index in [4.69, 9.17) is 4.98 Å². The van der Waals surface area contributed by atoms with E-state index in [-0.39, 0.29) is 5.56 Å². The Hall–Kier alpha value is -2.17. The van der Waals surface area contributed by atoms with Crippen molar-refractivity contribution in [2.45, 2.75) is 52.5 Å². The highest BCUT2D eigenvalue weighted by atomic mass is 16.1. The molecule has 2 aliphatic rings. The van der Waals surface area contributed by atoms with E-state index in [2.05, 4.69) is 27.9 Å². The van der Waals surface area contributed by atoms with Crippen molar-refractivity contribution in [3.8, 4) is 11.4 Å². The SMILES string of the molecule is Cc1nc(-c2ccc(N3CC(C)C4CCCCC43)nc2)[nH]c(=O)c1C. The van der Waals surface area contributed by atoms with Gasteiger partial charge in [0.1, 0.15) is 11.6 Å². The zero-order valence-corrected chi connectivity index (χ0v) is 15.2. The molecule has 1 aliphatic heterocycles. The van der Waals surface area contributed by atoms with Crippen molar-refractivity contribution in [3.63, 3.8) is 0 Å². The topological polar surface area (TPSA) is 61.9 Å². The van der Waals surface area contributed by atoms with Gasteiger partial charge in [-0.3, -0.25) is 4.79 Å². The molecule has 0 aromatic carbocycles. The number of H-pyrrole nitrogens is 1. The molecule has 1 saturated carbocycles. The summed E-state index contributed by atoms with van der Waals surface area (Å²) in [6.07, 6.45) is 7.18. The van der Waals surface area contributed by atoms with Crippen LogP contribution in [0.2, 0.25) is 0 Å². The first-order valence-electron chi connectivity index (χ1n) is 9.35. The monoisotopic (exact) mass is 338 g/mol. The Morgan fingerprint density at radius 3 is 2.72 bits per heavy atom. The van der Waals surface area contributed by atoms with E-state index in [9.17, 15) is 4.79 Å². The lowest BCUT2D eigenvalue weighted by Crippen LogP contribution is -2.35. The molecule has 3 atom stereocenters. The molecule has 3 heterocycles. The minimum atomic E-state index is -0.0787. The summed E-state index contributed by atoms with van der Waals surface area (Å²) < 4.78 is 0. The highest BCUT2D eigenvalue weighted by Gasteiger charge is 2.40. The number of aryl methyl sites for hydroxylation is 1. The van der Waals surface area contributed by atoms with Gasteiger partial charge in [0, 0.05) is 35.6 Å². The summed E-state index contributed by atoms with van der Waals surface area (Å²) in [5, 5.41) is 0. The summed E-state index contributed by atoms with van der Waals surface area (Å²) >= 11 is 0. The van der Waals surface area contributed by atoms with Crippen LogP contribution in [-0.4, -0.2) is 27.5 Å². The number of nitrogens with one attached hydrogen (secondary N) is 1. The molecule has 0 bridgehead atoms. The zero-order chi connectivity index (χ0) is 17.6. The maximum Gasteiger partial charge on any atom is 0.254 e. The van der Waals surface area contributed by atoms with E-state index in [1.165, 1.54) is 25.7 Å². The third kappa shape index (κ3) is 2.86. The minimum Gasteiger partial charge on any atom is -0.353 e. The standard InChI is InChI=1S/C20H26N4O/c1-12-11-24(17-7-5-4-6-16(12)17)18-9-8-15(10-21-18)19-22-14(3)13(2)20(25)23-19/h8-10,12,16-17H,4-7,11H2,1-3H3,(H,22,23,25). The van der Waals surface area contributed by atoms with Gasteiger partial charge in [-0.25, -0.2) is 9.97 Å². The van der Waals surface area contributed by atoms with Crippen molar-refractivity contribution in [1.29, 1.82) is 0 Å². The minimum absolute atomic E-state index is 0.0787. The highest BCUT2D eigenvalue weighted by molar-refractivity contribution is 5.57. The van der Waals surface area contributed by atoms with Crippen LogP contribution in [0.5, 0.6) is 0 Å². The maximum absolute atomic E-state index is 12.0. The Morgan fingerprint density at radius 1 is 1.20 bits per heavy atom. The molecule has 2 aromatic rings. The second-order valence-electron chi connectivity index (χ2n) is 7.68. The zero-order valence-electron chi connectivity index (χ0n) is 15.2. The van der Waals surface area contributed by atoms with Crippen molar-refractivity contribution >= 4 is 5.82 Å². The Labute approximate surface area is 148 Å². The second kappa shape index (κ2) is 6.28. The van der Waals surface area contributed by atoms with Crippen molar-refractivity contribution < 1.29 is 0 Å². The first-order chi connectivity index (χ1) is 12.0. The smallest absolute Gasteiger partial charge is 0.254 e. The lowest BCUT2D eigenvalue weighted by atomic mass is 9.80. The second-order valence-corrected chi connectivity index (χ2v) is 7.68. The number of rotatable bonds is 2. The Balaban J connectivity index is 1.61. The number of nitrogens with zero attached hydrogens (tertiary/aromatic N) is 3. The largest absolute Gasteiger partial charge is 0.353 e. The number of fused-ring (bicyclic) bond motifs is 1. The Bertz CT molecular complexity index is 827. The first kappa shape index (κ1) is 16.3. The summed E-state index contributed by atoms with van der Waals surface area (Å²) in [4.78, 5) is 26.5. The molecule has 25 heavy (non-hydrogen) atoms. The number of hydrogen-bond acceptors (Lipinski definition) is 4. The molecule has 5 heteroatoms. The Kier molecular flexibility index (Phi) is 4.10. The van der Waals surface area contributed by atoms with E-state index in [0.29, 0.717) is 17.4 Å². The predicted octanol–water partition coefficient (Wildman–Crippen LogP) is 3.46. The first-order valence-corrected chi connectivity index (χ1v) is 9.35. The maximum atomic E-state index is 12.0. The number of anilines is 1. The van der Waals surface area contributed by atoms with E-state index in [1.807, 2.05) is 19.2 Å². The third-order valence-electron chi connectivity index (χ3n) is 6.11. The molecule has 0 amide bonds. The van der Waals surface area contributed by atoms with Crippen molar-refractivity contribution in [3.05, 3.63) is 39.9 Å². The van der Waals surface area contributed by atoms with Crippen LogP contribution in [-0.2, 0) is 0 Å². The van der Waals surface area contributed by atoms with Crippen molar-refractivity contribution in [1.82, 2.24) is 15.0 Å². The molecule has 1 aliphatic carbocycles. The average molecular weight is 338 g/mol. The predicted molar refractivity (Wildman–Crippen MR) is 99.8 cm³/mol. The molecule has 4 rings (SSSR count). The summed E-state index contributed by atoms with van der Waals surface area (Å²) in [7, 11) is 0. The molecular formula is C20H26N4O. The van der Waals surface area contributed by atoms with E-state index < -0.39 is 0 Å². The quantitative estimate of drug-likeness (QED) is 0.911. The molecule has 3 unspecified atom stereocenters. The van der Waals surface area contributed by atoms with Crippen LogP contribution in [0.25, 0.3) is 11.4 Å². The van der Waals surface area contributed by atoms with Crippen molar-refractivity contribution in [2.24, 2.45) is 11.8 Å². The van der Waals surface area contributed by atoms with Gasteiger partial charge < -0.3 is 9.88 Å². The van der Waals surface area contributed by atoms with E-state index in [1.54, 1.807) is 6.92 Å². The molecule has 1 N–H and O–H groups in total. The molecule has 0 radical (unpaired) electrons. The number of pyridine rings is 1. The van der Waals surface area contributed by atoms with E-state index >= 15 is 0 Å². The van der Waals surface area contributed by atoms with Gasteiger partial charge in [-0.2, -0.15) is 0 Å². The van der Waals surface area contributed by atoms with Crippen LogP contribution >= 0.6 is 0 Å². The van der Waals surface area contributed by atoms with Gasteiger partial charge in [0.25, 0.3) is 5.56 Å². The summed E-state index contributed by atoms with van der Waals surface area (Å²) in [6, 6.07) is 4.74. The number of aromatic nitrogens is 3. The van der Waals surface area contributed by atoms with Gasteiger partial charge in [0.05, 0.1) is 0 Å². The number of hydrogen-bond donors (Lipinski definition) is 1. The van der Waals surface area contributed by atoms with Gasteiger partial charge in [-0.1, -0.05) is 19.8 Å². The Morgan fingerprint density at radius 2 is 2.00 bits per heavy atom. The van der Waals surface area contributed by atoms with Gasteiger partial charge in [-0.15, -0.1) is 0 Å². The molecule has 0 spiro atoms. The van der Waals surface area contributed by atoms with Gasteiger partial charge in [0.15, 0.2) is 0 Å². The van der Waals surface area contributed by atoms with Crippen LogP contribution in [0.1, 0.15) is 43.9 Å². The number of aromatic amines is 1. The molecule has 2 aromatic heterocycles. The lowest BCUT2D eigenvalue weighted by molar-refractivity contribution is 0.293. The molecular weight excluding hydrogens is 312 g/mol. The van der Waals surface area contributed by atoms with Crippen LogP contribution in [0.15, 0.2) is 23.1 Å². The average Bonchev–Trinajstić information content (AvgIpc) is 2.97. The fourth-order valence-corrected chi connectivity index (χ4v) is 4.51. The van der Waals surface area contributed by atoms with Gasteiger partial charge >= 0.3 is 0 Å². The lowest BCUT2D eigenvalue weighted by Gasteiger charge is -2.32. The third-order valence-corrected chi connectivity index (χ3v) is 6.11. The summed E-state index contributed by atoms with van der Waals surface area (Å²) in [5.74, 6) is 3.20. The van der Waals surface area contributed by atoms with Gasteiger partial charge in [0.2, 0.25) is 0 Å². The van der Waals surface area contributed by atoms with Crippen LogP contribution < -0.4 is 10.5 Å².